The van der Waals surface area contributed by atoms with Crippen molar-refractivity contribution in [2.24, 2.45) is 5.92 Å². The van der Waals surface area contributed by atoms with Gasteiger partial charge in [-0.15, -0.1) is 0 Å². The van der Waals surface area contributed by atoms with Crippen molar-refractivity contribution in [3.05, 3.63) is 83.0 Å². The van der Waals surface area contributed by atoms with Gasteiger partial charge in [0, 0.05) is 50.7 Å². The lowest BCUT2D eigenvalue weighted by Crippen LogP contribution is -2.17. The molecule has 0 saturated heterocycles. The van der Waals surface area contributed by atoms with Crippen LogP contribution in [0.5, 0.6) is 5.75 Å². The van der Waals surface area contributed by atoms with Crippen molar-refractivity contribution in [3.8, 4) is 5.75 Å². The molecule has 1 aromatic heterocycles. The highest BCUT2D eigenvalue weighted by atomic mass is 35.5. The molecule has 1 aliphatic rings. The molecule has 37 heavy (non-hydrogen) atoms. The minimum atomic E-state index is -3.64. The highest BCUT2D eigenvalue weighted by Crippen LogP contribution is 2.50. The number of carboxylic acids is 1. The van der Waals surface area contributed by atoms with E-state index in [-0.39, 0.29) is 10.8 Å². The Kier molecular flexibility index (Phi) is 7.00. The fraction of sp³-hybridized carbons (Fsp3) is 0.250. The van der Waals surface area contributed by atoms with Crippen molar-refractivity contribution in [2.45, 2.75) is 47.1 Å². The lowest BCUT2D eigenvalue weighted by Gasteiger charge is -2.17. The van der Waals surface area contributed by atoms with Crippen LogP contribution in [0.2, 0.25) is 5.02 Å². The summed E-state index contributed by atoms with van der Waals surface area (Å²) in [5.41, 5.74) is 2.56. The molecule has 1 aliphatic heterocycles. The molecule has 2 atom stereocenters. The van der Waals surface area contributed by atoms with E-state index in [1.54, 1.807) is 25.1 Å². The molecular formula is C28H26ClNO5S2. The molecular weight excluding hydrogens is 530 g/mol. The van der Waals surface area contributed by atoms with Crippen LogP contribution in [0, 0.1) is 5.92 Å². The predicted octanol–water partition coefficient (Wildman–Crippen LogP) is 6.64. The van der Waals surface area contributed by atoms with Gasteiger partial charge in [-0.2, -0.15) is 0 Å². The number of sulfone groups is 1. The summed E-state index contributed by atoms with van der Waals surface area (Å²) < 4.78 is 34.3. The zero-order valence-electron chi connectivity index (χ0n) is 20.3. The van der Waals surface area contributed by atoms with E-state index in [0.717, 1.165) is 26.6 Å². The molecule has 9 heteroatoms. The van der Waals surface area contributed by atoms with Gasteiger partial charge in [0.2, 0.25) is 0 Å². The van der Waals surface area contributed by atoms with Gasteiger partial charge in [0.05, 0.1) is 16.3 Å². The largest absolute Gasteiger partial charge is 0.489 e. The molecule has 0 spiro atoms. The van der Waals surface area contributed by atoms with E-state index in [1.165, 1.54) is 18.0 Å². The number of hydrogen-bond donors (Lipinski definition) is 1. The van der Waals surface area contributed by atoms with E-state index >= 15 is 0 Å². The Balaban J connectivity index is 1.71. The molecule has 192 valence electrons. The summed E-state index contributed by atoms with van der Waals surface area (Å²) in [5, 5.41) is 11.0. The fourth-order valence-corrected chi connectivity index (χ4v) is 7.20. The van der Waals surface area contributed by atoms with Gasteiger partial charge in [0.25, 0.3) is 0 Å². The van der Waals surface area contributed by atoms with Crippen LogP contribution >= 0.6 is 23.4 Å². The number of hydrogen-bond acceptors (Lipinski definition) is 5. The highest BCUT2D eigenvalue weighted by molar-refractivity contribution is 7.99. The van der Waals surface area contributed by atoms with E-state index in [0.29, 0.717) is 35.7 Å². The average molecular weight is 556 g/mol. The predicted molar refractivity (Wildman–Crippen MR) is 146 cm³/mol. The van der Waals surface area contributed by atoms with Gasteiger partial charge >= 0.3 is 5.97 Å². The number of ether oxygens (including phenoxy) is 1. The molecule has 1 N–H and O–H groups in total. The Morgan fingerprint density at radius 3 is 2.51 bits per heavy atom. The minimum absolute atomic E-state index is 0.174. The normalized spacial score (nSPS) is 16.0. The van der Waals surface area contributed by atoms with Crippen LogP contribution in [0.15, 0.2) is 81.4 Å². The van der Waals surface area contributed by atoms with Gasteiger partial charge < -0.3 is 14.4 Å². The van der Waals surface area contributed by atoms with Gasteiger partial charge in [0.15, 0.2) is 9.84 Å². The average Bonchev–Trinajstić information content (AvgIpc) is 3.42. The van der Waals surface area contributed by atoms with Crippen LogP contribution in [0.3, 0.4) is 0 Å². The van der Waals surface area contributed by atoms with Crippen molar-refractivity contribution in [2.75, 3.05) is 6.26 Å². The molecule has 0 fully saturated rings. The molecule has 2 unspecified atom stereocenters. The van der Waals surface area contributed by atoms with Gasteiger partial charge in [-0.1, -0.05) is 60.6 Å². The van der Waals surface area contributed by atoms with Gasteiger partial charge in [-0.3, -0.25) is 4.79 Å². The fourth-order valence-electron chi connectivity index (χ4n) is 4.91. The number of halogens is 1. The first-order valence-corrected chi connectivity index (χ1v) is 14.9. The van der Waals surface area contributed by atoms with E-state index in [1.807, 2.05) is 48.5 Å². The van der Waals surface area contributed by atoms with Gasteiger partial charge in [0.1, 0.15) is 12.4 Å². The number of carboxylic acid groups (broad SMARTS) is 1. The first-order valence-electron chi connectivity index (χ1n) is 11.9. The molecule has 0 saturated carbocycles. The molecule has 4 aromatic rings. The zero-order chi connectivity index (χ0) is 26.3. The quantitative estimate of drug-likeness (QED) is 0.262. The summed E-state index contributed by atoms with van der Waals surface area (Å²) >= 11 is 7.53. The second kappa shape index (κ2) is 10.1. The van der Waals surface area contributed by atoms with Crippen LogP contribution in [0.25, 0.3) is 10.9 Å². The number of aromatic nitrogens is 1. The minimum Gasteiger partial charge on any atom is -0.489 e. The Hall–Kier alpha value is -2.94. The number of fused-ring (bicyclic) bond motifs is 3. The first-order chi connectivity index (χ1) is 17.6. The Morgan fingerprint density at radius 1 is 1.16 bits per heavy atom. The van der Waals surface area contributed by atoms with Crippen molar-refractivity contribution in [1.29, 1.82) is 0 Å². The first kappa shape index (κ1) is 25.7. The Bertz CT molecular complexity index is 1580. The molecule has 3 aromatic carbocycles. The Morgan fingerprint density at radius 2 is 1.86 bits per heavy atom. The van der Waals surface area contributed by atoms with E-state index in [4.69, 9.17) is 16.3 Å². The van der Waals surface area contributed by atoms with Crippen LogP contribution in [0.4, 0.5) is 0 Å². The summed E-state index contributed by atoms with van der Waals surface area (Å²) in [6.07, 6.45) is 1.86. The lowest BCUT2D eigenvalue weighted by atomic mass is 9.90. The molecule has 2 heterocycles. The van der Waals surface area contributed by atoms with Crippen molar-refractivity contribution in [3.63, 3.8) is 0 Å². The van der Waals surface area contributed by atoms with E-state index in [9.17, 15) is 18.3 Å². The van der Waals surface area contributed by atoms with Crippen molar-refractivity contribution < 1.29 is 23.1 Å². The summed E-state index contributed by atoms with van der Waals surface area (Å²) in [5.74, 6) is -1.29. The Labute approximate surface area is 225 Å². The van der Waals surface area contributed by atoms with Crippen molar-refractivity contribution in [1.82, 2.24) is 4.57 Å². The third-order valence-corrected chi connectivity index (χ3v) is 9.28. The molecule has 0 radical (unpaired) electrons. The standard InChI is InChI=1S/C28H26ClNO5S2/c1-17(28(31)32)22-12-13-30-23-14-20(35-16-18-6-4-3-5-7-18)15-24(37(2,33)34)25(23)27(26(22)30)36-21-10-8-19(29)9-11-21/h3-11,14-15,17,22H,12-13,16H2,1-2H3,(H,31,32). The zero-order valence-corrected chi connectivity index (χ0v) is 22.7. The third kappa shape index (κ3) is 5.10. The molecule has 0 bridgehead atoms. The topological polar surface area (TPSA) is 85.6 Å². The monoisotopic (exact) mass is 555 g/mol. The number of aliphatic carboxylic acids is 1. The molecule has 6 nitrogen and oxygen atoms in total. The number of rotatable bonds is 8. The van der Waals surface area contributed by atoms with Gasteiger partial charge in [-0.25, -0.2) is 8.42 Å². The number of nitrogens with zero attached hydrogens (tertiary/aromatic N) is 1. The summed E-state index contributed by atoms with van der Waals surface area (Å²) in [4.78, 5) is 13.8. The maximum Gasteiger partial charge on any atom is 0.306 e. The van der Waals surface area contributed by atoms with Crippen LogP contribution in [-0.4, -0.2) is 30.3 Å². The number of benzene rings is 3. The summed E-state index contributed by atoms with van der Waals surface area (Å²) in [6, 6.07) is 20.5. The van der Waals surface area contributed by atoms with Crippen LogP contribution in [0.1, 0.15) is 30.5 Å². The van der Waals surface area contributed by atoms with Crippen LogP contribution < -0.4 is 4.74 Å². The molecule has 0 amide bonds. The van der Waals surface area contributed by atoms with Gasteiger partial charge in [-0.05, 0) is 42.3 Å². The summed E-state index contributed by atoms with van der Waals surface area (Å²) in [6.45, 7) is 2.61. The maximum atomic E-state index is 13.1. The molecule has 5 rings (SSSR count). The second-order valence-electron chi connectivity index (χ2n) is 9.31. The third-order valence-electron chi connectivity index (χ3n) is 6.79. The summed E-state index contributed by atoms with van der Waals surface area (Å²) in [7, 11) is -3.64. The van der Waals surface area contributed by atoms with Crippen LogP contribution in [-0.2, 0) is 27.8 Å². The highest BCUT2D eigenvalue weighted by Gasteiger charge is 2.37. The second-order valence-corrected chi connectivity index (χ2v) is 12.8. The van der Waals surface area contributed by atoms with E-state index < -0.39 is 21.7 Å². The SMILES string of the molecule is CC(C(=O)O)C1CCn2c1c(Sc1ccc(Cl)cc1)c1c(S(C)(=O)=O)cc(OCc3ccccc3)cc12. The number of aryl methyl sites for hydroxylation is 1. The smallest absolute Gasteiger partial charge is 0.306 e. The molecule has 0 aliphatic carbocycles. The van der Waals surface area contributed by atoms with Crippen molar-refractivity contribution >= 4 is 50.1 Å². The lowest BCUT2D eigenvalue weighted by molar-refractivity contribution is -0.141. The van der Waals surface area contributed by atoms with E-state index in [2.05, 4.69) is 4.57 Å². The maximum absolute atomic E-state index is 13.1. The number of carbonyl (C=O) groups is 1.